The van der Waals surface area contributed by atoms with Crippen molar-refractivity contribution in [2.45, 2.75) is 51.5 Å². The van der Waals surface area contributed by atoms with Crippen molar-refractivity contribution >= 4 is 11.9 Å². The third-order valence-corrected chi connectivity index (χ3v) is 4.15. The molecule has 114 valence electrons. The van der Waals surface area contributed by atoms with E-state index in [2.05, 4.69) is 5.32 Å². The molecule has 1 aromatic carbocycles. The predicted molar refractivity (Wildman–Crippen MR) is 81.0 cm³/mol. The first-order chi connectivity index (χ1) is 10.0. The van der Waals surface area contributed by atoms with Crippen molar-refractivity contribution in [2.75, 3.05) is 0 Å². The number of rotatable bonds is 5. The highest BCUT2D eigenvalue weighted by Crippen LogP contribution is 2.24. The van der Waals surface area contributed by atoms with Gasteiger partial charge < -0.3 is 10.4 Å². The zero-order chi connectivity index (χ0) is 15.2. The van der Waals surface area contributed by atoms with Crippen molar-refractivity contribution in [3.63, 3.8) is 0 Å². The van der Waals surface area contributed by atoms with Crippen LogP contribution in [-0.2, 0) is 16.0 Å². The van der Waals surface area contributed by atoms with Crippen LogP contribution >= 0.6 is 0 Å². The second kappa shape index (κ2) is 7.25. The van der Waals surface area contributed by atoms with Crippen LogP contribution in [0.15, 0.2) is 24.3 Å². The molecule has 1 aliphatic carbocycles. The molecule has 0 heterocycles. The number of carbonyl (C=O) groups is 2. The second-order valence-corrected chi connectivity index (χ2v) is 5.95. The van der Waals surface area contributed by atoms with Gasteiger partial charge in [0.15, 0.2) is 0 Å². The smallest absolute Gasteiger partial charge is 0.306 e. The third-order valence-electron chi connectivity index (χ3n) is 4.15. The Morgan fingerprint density at radius 1 is 1.24 bits per heavy atom. The Morgan fingerprint density at radius 3 is 2.62 bits per heavy atom. The summed E-state index contributed by atoms with van der Waals surface area (Å²) in [5.41, 5.74) is 2.37. The van der Waals surface area contributed by atoms with Crippen molar-refractivity contribution in [1.82, 2.24) is 5.32 Å². The van der Waals surface area contributed by atoms with Gasteiger partial charge in [0.2, 0.25) is 5.91 Å². The molecule has 21 heavy (non-hydrogen) atoms. The van der Waals surface area contributed by atoms with Crippen LogP contribution in [0.3, 0.4) is 0 Å². The minimum absolute atomic E-state index is 0.0189. The minimum Gasteiger partial charge on any atom is -0.481 e. The number of carboxylic acid groups (broad SMARTS) is 1. The van der Waals surface area contributed by atoms with Crippen LogP contribution in [0.5, 0.6) is 0 Å². The van der Waals surface area contributed by atoms with Crippen LogP contribution in [0.4, 0.5) is 0 Å². The molecule has 0 aliphatic heterocycles. The molecule has 2 unspecified atom stereocenters. The molecular formula is C17H23NO3. The average Bonchev–Trinajstić information content (AvgIpc) is 2.47. The Labute approximate surface area is 125 Å². The lowest BCUT2D eigenvalue weighted by atomic mass is 9.85. The monoisotopic (exact) mass is 289 g/mol. The van der Waals surface area contributed by atoms with E-state index in [0.717, 1.165) is 31.2 Å². The zero-order valence-corrected chi connectivity index (χ0v) is 12.5. The lowest BCUT2D eigenvalue weighted by Crippen LogP contribution is -2.40. The molecule has 1 saturated carbocycles. The lowest BCUT2D eigenvalue weighted by molar-refractivity contribution is -0.143. The van der Waals surface area contributed by atoms with Crippen molar-refractivity contribution in [3.05, 3.63) is 35.4 Å². The van der Waals surface area contributed by atoms with Crippen molar-refractivity contribution < 1.29 is 14.7 Å². The molecule has 0 spiro atoms. The van der Waals surface area contributed by atoms with Gasteiger partial charge in [0.05, 0.1) is 5.92 Å². The quantitative estimate of drug-likeness (QED) is 0.876. The number of nitrogens with one attached hydrogen (secondary N) is 1. The summed E-state index contributed by atoms with van der Waals surface area (Å²) in [7, 11) is 0. The number of amides is 1. The zero-order valence-electron chi connectivity index (χ0n) is 12.5. The van der Waals surface area contributed by atoms with Gasteiger partial charge in [-0.1, -0.05) is 36.2 Å². The molecule has 1 fully saturated rings. The number of hydrogen-bond acceptors (Lipinski definition) is 2. The molecule has 2 N–H and O–H groups in total. The Bertz CT molecular complexity index is 495. The van der Waals surface area contributed by atoms with Gasteiger partial charge in [-0.05, 0) is 38.2 Å². The summed E-state index contributed by atoms with van der Waals surface area (Å²) in [5.74, 6) is -1.03. The van der Waals surface area contributed by atoms with Crippen molar-refractivity contribution in [2.24, 2.45) is 5.92 Å². The molecule has 1 aromatic rings. The van der Waals surface area contributed by atoms with E-state index in [1.165, 1.54) is 5.56 Å². The first-order valence-electron chi connectivity index (χ1n) is 7.62. The summed E-state index contributed by atoms with van der Waals surface area (Å²) in [5, 5.41) is 12.0. The van der Waals surface area contributed by atoms with Crippen molar-refractivity contribution in [3.8, 4) is 0 Å². The van der Waals surface area contributed by atoms with Gasteiger partial charge in [-0.3, -0.25) is 9.59 Å². The summed E-state index contributed by atoms with van der Waals surface area (Å²) < 4.78 is 0. The molecule has 0 radical (unpaired) electrons. The molecule has 1 aliphatic rings. The highest BCUT2D eigenvalue weighted by atomic mass is 16.4. The molecule has 4 nitrogen and oxygen atoms in total. The summed E-state index contributed by atoms with van der Waals surface area (Å²) in [6.07, 6.45) is 4.23. The molecule has 0 bridgehead atoms. The molecule has 2 atom stereocenters. The number of carbonyl (C=O) groups excluding carboxylic acids is 1. The number of hydrogen-bond donors (Lipinski definition) is 2. The van der Waals surface area contributed by atoms with Gasteiger partial charge in [-0.15, -0.1) is 0 Å². The van der Waals surface area contributed by atoms with Crippen LogP contribution < -0.4 is 5.32 Å². The summed E-state index contributed by atoms with van der Waals surface area (Å²) in [6, 6.07) is 8.20. The maximum absolute atomic E-state index is 12.0. The number of aliphatic carboxylic acids is 1. The van der Waals surface area contributed by atoms with E-state index in [0.29, 0.717) is 12.8 Å². The minimum atomic E-state index is -0.742. The SMILES string of the molecule is Cc1ccc(CCC(=O)NC2CCCC(C(=O)O)C2)cc1. The maximum Gasteiger partial charge on any atom is 0.306 e. The van der Waals surface area contributed by atoms with Crippen LogP contribution in [-0.4, -0.2) is 23.0 Å². The van der Waals surface area contributed by atoms with Gasteiger partial charge in [-0.25, -0.2) is 0 Å². The van der Waals surface area contributed by atoms with Crippen LogP contribution in [0.1, 0.15) is 43.2 Å². The molecule has 0 saturated heterocycles. The van der Waals surface area contributed by atoms with E-state index in [-0.39, 0.29) is 17.9 Å². The lowest BCUT2D eigenvalue weighted by Gasteiger charge is -2.27. The van der Waals surface area contributed by atoms with E-state index in [4.69, 9.17) is 5.11 Å². The summed E-state index contributed by atoms with van der Waals surface area (Å²) >= 11 is 0. The van der Waals surface area contributed by atoms with E-state index >= 15 is 0 Å². The van der Waals surface area contributed by atoms with Crippen molar-refractivity contribution in [1.29, 1.82) is 0 Å². The molecular weight excluding hydrogens is 266 g/mol. The van der Waals surface area contributed by atoms with E-state index in [1.807, 2.05) is 31.2 Å². The maximum atomic E-state index is 12.0. The third kappa shape index (κ3) is 4.88. The number of carboxylic acids is 1. The normalized spacial score (nSPS) is 21.8. The van der Waals surface area contributed by atoms with E-state index < -0.39 is 5.97 Å². The first-order valence-corrected chi connectivity index (χ1v) is 7.62. The number of aryl methyl sites for hydroxylation is 2. The Morgan fingerprint density at radius 2 is 1.95 bits per heavy atom. The largest absolute Gasteiger partial charge is 0.481 e. The molecule has 1 amide bonds. The average molecular weight is 289 g/mol. The van der Waals surface area contributed by atoms with Crippen LogP contribution in [0.2, 0.25) is 0 Å². The number of benzene rings is 1. The fourth-order valence-electron chi connectivity index (χ4n) is 2.86. The van der Waals surface area contributed by atoms with Gasteiger partial charge in [0.25, 0.3) is 0 Å². The summed E-state index contributed by atoms with van der Waals surface area (Å²) in [4.78, 5) is 23.0. The first kappa shape index (κ1) is 15.5. The Hall–Kier alpha value is -1.84. The van der Waals surface area contributed by atoms with Crippen LogP contribution in [0.25, 0.3) is 0 Å². The van der Waals surface area contributed by atoms with Gasteiger partial charge >= 0.3 is 5.97 Å². The van der Waals surface area contributed by atoms with Crippen LogP contribution in [0, 0.1) is 12.8 Å². The molecule has 2 rings (SSSR count). The van der Waals surface area contributed by atoms with E-state index in [9.17, 15) is 9.59 Å². The highest BCUT2D eigenvalue weighted by Gasteiger charge is 2.27. The fourth-order valence-corrected chi connectivity index (χ4v) is 2.86. The van der Waals surface area contributed by atoms with Gasteiger partial charge in [-0.2, -0.15) is 0 Å². The predicted octanol–water partition coefficient (Wildman–Crippen LogP) is 2.69. The van der Waals surface area contributed by atoms with E-state index in [1.54, 1.807) is 0 Å². The Balaban J connectivity index is 1.76. The second-order valence-electron chi connectivity index (χ2n) is 5.95. The fraction of sp³-hybridized carbons (Fsp3) is 0.529. The van der Waals surface area contributed by atoms with Gasteiger partial charge in [0, 0.05) is 12.5 Å². The van der Waals surface area contributed by atoms with Gasteiger partial charge in [0.1, 0.15) is 0 Å². The summed E-state index contributed by atoms with van der Waals surface area (Å²) in [6.45, 7) is 2.04. The highest BCUT2D eigenvalue weighted by molar-refractivity contribution is 5.76. The Kier molecular flexibility index (Phi) is 5.37. The molecule has 4 heteroatoms. The molecule has 0 aromatic heterocycles. The standard InChI is InChI=1S/C17H23NO3/c1-12-5-7-13(8-6-12)9-10-16(19)18-15-4-2-3-14(11-15)17(20)21/h5-8,14-15H,2-4,9-11H2,1H3,(H,18,19)(H,20,21). The topological polar surface area (TPSA) is 66.4 Å².